The lowest BCUT2D eigenvalue weighted by Crippen LogP contribution is -2.29. The van der Waals surface area contributed by atoms with Gasteiger partial charge in [-0.15, -0.1) is 10.2 Å². The lowest BCUT2D eigenvalue weighted by molar-refractivity contribution is -0.132. The number of methoxy groups -OCH3 is 1. The van der Waals surface area contributed by atoms with E-state index in [2.05, 4.69) is 10.2 Å². The van der Waals surface area contributed by atoms with Gasteiger partial charge >= 0.3 is 11.9 Å². The highest BCUT2D eigenvalue weighted by Crippen LogP contribution is 2.45. The summed E-state index contributed by atoms with van der Waals surface area (Å²) in [4.78, 5) is 40.4. The number of amides is 1. The van der Waals surface area contributed by atoms with E-state index < -0.39 is 23.7 Å². The number of ether oxygens (including phenoxy) is 3. The van der Waals surface area contributed by atoms with Crippen molar-refractivity contribution in [3.8, 4) is 11.5 Å². The molecule has 1 N–H and O–H groups in total. The summed E-state index contributed by atoms with van der Waals surface area (Å²) in [6, 6.07) is 17.4. The molecule has 1 saturated heterocycles. The molecule has 218 valence electrons. The molecule has 43 heavy (non-hydrogen) atoms. The predicted octanol–water partition coefficient (Wildman–Crippen LogP) is 5.67. The molecule has 1 amide bonds. The summed E-state index contributed by atoms with van der Waals surface area (Å²) >= 11 is 8.55. The lowest BCUT2D eigenvalue weighted by Gasteiger charge is -2.23. The third kappa shape index (κ3) is 5.68. The van der Waals surface area contributed by atoms with E-state index in [1.807, 2.05) is 12.1 Å². The maximum absolute atomic E-state index is 13.5. The standard InChI is InChI=1S/C30H22ClN3O7S2/c1-39-28(38)18-6-4-17(5-7-18)24-23(25(35)19-8-11-21-22(14-19)41-13-12-40-21)26(36)27(37)34(24)29-32-33-30(43-29)42-15-16-2-9-20(31)10-3-16/h2-11,14,24,35H,12-13,15H2,1H3/t24-/m0/s1. The van der Waals surface area contributed by atoms with Gasteiger partial charge in [-0.2, -0.15) is 0 Å². The van der Waals surface area contributed by atoms with Crippen LogP contribution in [0.15, 0.2) is 76.6 Å². The summed E-state index contributed by atoms with van der Waals surface area (Å²) in [5, 5.41) is 20.8. The number of hydrogen-bond acceptors (Lipinski definition) is 11. The normalized spacial score (nSPS) is 17.3. The fourth-order valence-electron chi connectivity index (χ4n) is 4.69. The van der Waals surface area contributed by atoms with E-state index in [4.69, 9.17) is 25.8 Å². The second kappa shape index (κ2) is 12.1. The van der Waals surface area contributed by atoms with Crippen molar-refractivity contribution >= 4 is 63.3 Å². The molecule has 2 aliphatic heterocycles. The number of hydrogen-bond donors (Lipinski definition) is 1. The van der Waals surface area contributed by atoms with E-state index in [9.17, 15) is 19.5 Å². The van der Waals surface area contributed by atoms with Crippen molar-refractivity contribution in [1.82, 2.24) is 10.2 Å². The third-order valence-corrected chi connectivity index (χ3v) is 9.16. The van der Waals surface area contributed by atoms with Crippen molar-refractivity contribution in [1.29, 1.82) is 0 Å². The minimum atomic E-state index is -1.05. The van der Waals surface area contributed by atoms with Crippen LogP contribution in [0.2, 0.25) is 5.02 Å². The molecule has 0 saturated carbocycles. The maximum atomic E-state index is 13.5. The molecule has 6 rings (SSSR count). The van der Waals surface area contributed by atoms with Gasteiger partial charge in [-0.25, -0.2) is 4.79 Å². The zero-order valence-corrected chi connectivity index (χ0v) is 24.9. The number of esters is 1. The fraction of sp³-hybridized carbons (Fsp3) is 0.167. The number of ketones is 1. The largest absolute Gasteiger partial charge is 0.507 e. The number of fused-ring (bicyclic) bond motifs is 1. The van der Waals surface area contributed by atoms with Crippen LogP contribution in [0.25, 0.3) is 5.76 Å². The SMILES string of the molecule is COC(=O)c1ccc([C@H]2C(=C(O)c3ccc4c(c3)OCCO4)C(=O)C(=O)N2c2nnc(SCc3ccc(Cl)cc3)s2)cc1. The summed E-state index contributed by atoms with van der Waals surface area (Å²) in [5.41, 5.74) is 1.91. The number of nitrogens with zero attached hydrogens (tertiary/aromatic N) is 3. The number of carbonyl (C=O) groups is 3. The quantitative estimate of drug-likeness (QED) is 0.0677. The fourth-order valence-corrected chi connectivity index (χ4v) is 6.64. The van der Waals surface area contributed by atoms with Gasteiger partial charge in [-0.3, -0.25) is 14.5 Å². The summed E-state index contributed by atoms with van der Waals surface area (Å²) in [5.74, 6) is -1.17. The van der Waals surface area contributed by atoms with Crippen LogP contribution in [0.4, 0.5) is 5.13 Å². The number of rotatable bonds is 7. The minimum Gasteiger partial charge on any atom is -0.507 e. The number of benzene rings is 3. The summed E-state index contributed by atoms with van der Waals surface area (Å²) in [7, 11) is 1.27. The van der Waals surface area contributed by atoms with Crippen LogP contribution in [0.5, 0.6) is 11.5 Å². The van der Waals surface area contributed by atoms with E-state index >= 15 is 0 Å². The van der Waals surface area contributed by atoms with Crippen molar-refractivity contribution in [2.45, 2.75) is 16.1 Å². The molecule has 2 aliphatic rings. The number of Topliss-reactive ketones (excluding diaryl/α,β-unsaturated/α-hetero) is 1. The number of halogens is 1. The summed E-state index contributed by atoms with van der Waals surface area (Å²) in [6.45, 7) is 0.733. The van der Waals surface area contributed by atoms with Gasteiger partial charge < -0.3 is 19.3 Å². The smallest absolute Gasteiger partial charge is 0.337 e. The first-order chi connectivity index (χ1) is 20.8. The van der Waals surface area contributed by atoms with Gasteiger partial charge in [0.15, 0.2) is 15.8 Å². The molecule has 13 heteroatoms. The Labute approximate surface area is 258 Å². The van der Waals surface area contributed by atoms with E-state index in [1.54, 1.807) is 42.5 Å². The molecule has 0 spiro atoms. The van der Waals surface area contributed by atoms with E-state index in [-0.39, 0.29) is 27.6 Å². The molecule has 0 bridgehead atoms. The molecular weight excluding hydrogens is 614 g/mol. The van der Waals surface area contributed by atoms with Crippen LogP contribution in [0, 0.1) is 0 Å². The molecule has 3 aromatic carbocycles. The average molecular weight is 636 g/mol. The number of aromatic nitrogens is 2. The Morgan fingerprint density at radius 2 is 1.72 bits per heavy atom. The number of carbonyl (C=O) groups excluding carboxylic acids is 3. The summed E-state index contributed by atoms with van der Waals surface area (Å²) in [6.07, 6.45) is 0. The van der Waals surface area contributed by atoms with Crippen molar-refractivity contribution in [2.75, 3.05) is 25.2 Å². The number of anilines is 1. The van der Waals surface area contributed by atoms with Crippen LogP contribution >= 0.6 is 34.7 Å². The Kier molecular flexibility index (Phi) is 8.06. The highest BCUT2D eigenvalue weighted by atomic mass is 35.5. The number of aliphatic hydroxyl groups excluding tert-OH is 1. The number of aliphatic hydroxyl groups is 1. The van der Waals surface area contributed by atoms with Crippen molar-refractivity contribution in [2.24, 2.45) is 0 Å². The molecule has 3 heterocycles. The lowest BCUT2D eigenvalue weighted by atomic mass is 9.94. The minimum absolute atomic E-state index is 0.141. The first-order valence-corrected chi connectivity index (χ1v) is 15.1. The van der Waals surface area contributed by atoms with Gasteiger partial charge in [0.05, 0.1) is 24.3 Å². The number of thioether (sulfide) groups is 1. The van der Waals surface area contributed by atoms with E-state index in [1.165, 1.54) is 35.9 Å². The molecular formula is C30H22ClN3O7S2. The Balaban J connectivity index is 1.39. The second-order valence-electron chi connectivity index (χ2n) is 9.41. The molecule has 0 radical (unpaired) electrons. The van der Waals surface area contributed by atoms with Crippen molar-refractivity contribution in [3.63, 3.8) is 0 Å². The van der Waals surface area contributed by atoms with Crippen molar-refractivity contribution in [3.05, 3.63) is 99.6 Å². The topological polar surface area (TPSA) is 128 Å². The molecule has 0 unspecified atom stereocenters. The zero-order chi connectivity index (χ0) is 30.1. The Morgan fingerprint density at radius 1 is 1.02 bits per heavy atom. The Morgan fingerprint density at radius 3 is 2.44 bits per heavy atom. The molecule has 1 atom stereocenters. The van der Waals surface area contributed by atoms with E-state index in [0.717, 1.165) is 16.9 Å². The van der Waals surface area contributed by atoms with E-state index in [0.29, 0.717) is 45.4 Å². The average Bonchev–Trinajstić information content (AvgIpc) is 3.61. The third-order valence-electron chi connectivity index (χ3n) is 6.79. The van der Waals surface area contributed by atoms with Gasteiger partial charge in [0, 0.05) is 16.3 Å². The first kappa shape index (κ1) is 28.7. The monoisotopic (exact) mass is 635 g/mol. The van der Waals surface area contributed by atoms with Gasteiger partial charge in [-0.05, 0) is 53.6 Å². The van der Waals surface area contributed by atoms with Gasteiger partial charge in [-0.1, -0.05) is 59.0 Å². The van der Waals surface area contributed by atoms with Gasteiger partial charge in [0.1, 0.15) is 19.0 Å². The molecule has 1 fully saturated rings. The Bertz CT molecular complexity index is 1760. The van der Waals surface area contributed by atoms with Crippen LogP contribution in [0.1, 0.15) is 33.1 Å². The van der Waals surface area contributed by atoms with Gasteiger partial charge in [0.25, 0.3) is 5.78 Å². The first-order valence-electron chi connectivity index (χ1n) is 12.9. The second-order valence-corrected chi connectivity index (χ2v) is 12.0. The maximum Gasteiger partial charge on any atom is 0.337 e. The summed E-state index contributed by atoms with van der Waals surface area (Å²) < 4.78 is 16.6. The highest BCUT2D eigenvalue weighted by molar-refractivity contribution is 8.00. The van der Waals surface area contributed by atoms with Crippen LogP contribution in [-0.4, -0.2) is 53.3 Å². The van der Waals surface area contributed by atoms with Crippen molar-refractivity contribution < 1.29 is 33.7 Å². The predicted molar refractivity (Wildman–Crippen MR) is 161 cm³/mol. The van der Waals surface area contributed by atoms with Gasteiger partial charge in [0.2, 0.25) is 5.13 Å². The Hall–Kier alpha value is -4.39. The van der Waals surface area contributed by atoms with Crippen LogP contribution < -0.4 is 14.4 Å². The molecule has 10 nitrogen and oxygen atoms in total. The van der Waals surface area contributed by atoms with Crippen LogP contribution in [0.3, 0.4) is 0 Å². The highest BCUT2D eigenvalue weighted by Gasteiger charge is 2.48. The molecule has 4 aromatic rings. The van der Waals surface area contributed by atoms with Crippen LogP contribution in [-0.2, 0) is 20.1 Å². The molecule has 1 aromatic heterocycles. The zero-order valence-electron chi connectivity index (χ0n) is 22.5. The molecule has 0 aliphatic carbocycles.